The molecule has 0 aliphatic rings. The van der Waals surface area contributed by atoms with E-state index >= 15 is 0 Å². The molecule has 1 unspecified atom stereocenters. The normalized spacial score (nSPS) is 13.0. The molecule has 0 radical (unpaired) electrons. The summed E-state index contributed by atoms with van der Waals surface area (Å²) >= 11 is 0. The van der Waals surface area contributed by atoms with Gasteiger partial charge in [0, 0.05) is 13.0 Å². The zero-order valence-electron chi connectivity index (χ0n) is 13.5. The Labute approximate surface area is 127 Å². The van der Waals surface area contributed by atoms with Gasteiger partial charge in [-0.25, -0.2) is 4.39 Å². The summed E-state index contributed by atoms with van der Waals surface area (Å²) in [6.07, 6.45) is 3.29. The van der Waals surface area contributed by atoms with Crippen LogP contribution in [-0.4, -0.2) is 56.3 Å². The monoisotopic (exact) mass is 304 g/mol. The van der Waals surface area contributed by atoms with E-state index in [4.69, 9.17) is 0 Å². The highest BCUT2D eigenvalue weighted by molar-refractivity contribution is 5.80. The number of halogens is 1. The number of nitrogens with one attached hydrogen (secondary N) is 1. The molecular formula is C15H29FN2O3. The Balaban J connectivity index is 3.76. The first kappa shape index (κ1) is 19.8. The van der Waals surface area contributed by atoms with Crippen molar-refractivity contribution in [2.75, 3.05) is 33.7 Å². The molecule has 0 fully saturated rings. The van der Waals surface area contributed by atoms with Gasteiger partial charge in [-0.2, -0.15) is 0 Å². The van der Waals surface area contributed by atoms with Gasteiger partial charge in [-0.15, -0.1) is 0 Å². The van der Waals surface area contributed by atoms with Crippen molar-refractivity contribution in [3.8, 4) is 0 Å². The van der Waals surface area contributed by atoms with Gasteiger partial charge in [0.2, 0.25) is 0 Å². The van der Waals surface area contributed by atoms with Crippen LogP contribution >= 0.6 is 0 Å². The smallest absolute Gasteiger partial charge is 0.254 e. The fraction of sp³-hybridized carbons (Fsp3) is 0.867. The van der Waals surface area contributed by atoms with Gasteiger partial charge in [0.1, 0.15) is 6.54 Å². The maximum atomic E-state index is 13.6. The summed E-state index contributed by atoms with van der Waals surface area (Å²) < 4.78 is 13.8. The Morgan fingerprint density at radius 3 is 2.43 bits per heavy atom. The van der Waals surface area contributed by atoms with E-state index in [2.05, 4.69) is 12.2 Å². The summed E-state index contributed by atoms with van der Waals surface area (Å²) in [6, 6.07) is 0. The number of carbonyl (C=O) groups is 2. The Hall–Kier alpha value is -1.17. The molecule has 0 aromatic heterocycles. The van der Waals surface area contributed by atoms with Crippen LogP contribution in [0.15, 0.2) is 0 Å². The second kappa shape index (κ2) is 10.5. The highest BCUT2D eigenvalue weighted by Crippen LogP contribution is 2.08. The summed E-state index contributed by atoms with van der Waals surface area (Å²) in [7, 11) is 3.56. The summed E-state index contributed by atoms with van der Waals surface area (Å²) in [4.78, 5) is 22.1. The number of quaternary nitrogens is 1. The number of rotatable bonds is 12. The first-order valence-corrected chi connectivity index (χ1v) is 7.72. The molecule has 124 valence electrons. The van der Waals surface area contributed by atoms with Gasteiger partial charge < -0.3 is 19.7 Å². The van der Waals surface area contributed by atoms with E-state index < -0.39 is 18.0 Å². The molecule has 0 aromatic carbocycles. The van der Waals surface area contributed by atoms with Gasteiger partial charge >= 0.3 is 0 Å². The van der Waals surface area contributed by atoms with Crippen molar-refractivity contribution in [3.63, 3.8) is 0 Å². The quantitative estimate of drug-likeness (QED) is 0.425. The third kappa shape index (κ3) is 11.2. The zero-order valence-corrected chi connectivity index (χ0v) is 13.5. The van der Waals surface area contributed by atoms with Crippen LogP contribution in [-0.2, 0) is 9.59 Å². The molecule has 0 aromatic rings. The van der Waals surface area contributed by atoms with Crippen LogP contribution in [0.1, 0.15) is 45.4 Å². The van der Waals surface area contributed by atoms with Crippen molar-refractivity contribution in [2.45, 2.75) is 51.6 Å². The van der Waals surface area contributed by atoms with Crippen LogP contribution in [0.3, 0.4) is 0 Å². The fourth-order valence-corrected chi connectivity index (χ4v) is 2.14. The van der Waals surface area contributed by atoms with E-state index in [9.17, 15) is 19.1 Å². The minimum atomic E-state index is -1.44. The molecule has 5 nitrogen and oxygen atoms in total. The van der Waals surface area contributed by atoms with Gasteiger partial charge in [-0.1, -0.05) is 32.6 Å². The number of alkyl halides is 1. The SMILES string of the molecule is CCCCCCC(F)C(=O)NCCC[N+](C)(C)CC(=O)[O-]. The highest BCUT2D eigenvalue weighted by Gasteiger charge is 2.18. The molecule has 6 heteroatoms. The summed E-state index contributed by atoms with van der Waals surface area (Å²) in [5.74, 6) is -1.66. The molecule has 0 spiro atoms. The first-order valence-electron chi connectivity index (χ1n) is 7.72. The first-order chi connectivity index (χ1) is 9.78. The third-order valence-corrected chi connectivity index (χ3v) is 3.39. The standard InChI is InChI=1S/C15H29FN2O3/c1-4-5-6-7-9-13(16)15(21)17-10-8-11-18(2,3)12-14(19)20/h13H,4-12H2,1-3H3,(H-,17,19,20,21). The molecule has 0 rings (SSSR count). The van der Waals surface area contributed by atoms with Crippen molar-refractivity contribution < 1.29 is 23.6 Å². The Morgan fingerprint density at radius 2 is 1.86 bits per heavy atom. The lowest BCUT2D eigenvalue weighted by atomic mass is 10.1. The summed E-state index contributed by atoms with van der Waals surface area (Å²) in [5, 5.41) is 13.1. The van der Waals surface area contributed by atoms with Crippen molar-refractivity contribution in [1.82, 2.24) is 5.32 Å². The maximum Gasteiger partial charge on any atom is 0.254 e. The summed E-state index contributed by atoms with van der Waals surface area (Å²) in [5.41, 5.74) is 0. The predicted octanol–water partition coefficient (Wildman–Crippen LogP) is 0.628. The van der Waals surface area contributed by atoms with Gasteiger partial charge in [-0.05, 0) is 6.42 Å². The third-order valence-electron chi connectivity index (χ3n) is 3.39. The number of nitrogens with zero attached hydrogens (tertiary/aromatic N) is 1. The molecular weight excluding hydrogens is 275 g/mol. The van der Waals surface area contributed by atoms with Gasteiger partial charge in [0.25, 0.3) is 5.91 Å². The lowest BCUT2D eigenvalue weighted by Gasteiger charge is -2.30. The fourth-order valence-electron chi connectivity index (χ4n) is 2.14. The maximum absolute atomic E-state index is 13.6. The van der Waals surface area contributed by atoms with E-state index in [1.807, 2.05) is 0 Å². The minimum absolute atomic E-state index is 0.0723. The summed E-state index contributed by atoms with van der Waals surface area (Å²) in [6.45, 7) is 2.96. The second-order valence-electron chi connectivity index (χ2n) is 6.15. The topological polar surface area (TPSA) is 69.2 Å². The van der Waals surface area contributed by atoms with Crippen LogP contribution in [0.4, 0.5) is 4.39 Å². The predicted molar refractivity (Wildman–Crippen MR) is 78.1 cm³/mol. The van der Waals surface area contributed by atoms with E-state index in [-0.39, 0.29) is 17.4 Å². The Bertz CT molecular complexity index is 322. The van der Waals surface area contributed by atoms with Crippen LogP contribution in [0.2, 0.25) is 0 Å². The highest BCUT2D eigenvalue weighted by atomic mass is 19.1. The van der Waals surface area contributed by atoms with Gasteiger partial charge in [-0.3, -0.25) is 4.79 Å². The van der Waals surface area contributed by atoms with Crippen molar-refractivity contribution in [3.05, 3.63) is 0 Å². The molecule has 1 atom stereocenters. The number of aliphatic carboxylic acids is 1. The number of hydrogen-bond acceptors (Lipinski definition) is 3. The molecule has 1 N–H and O–H groups in total. The van der Waals surface area contributed by atoms with Crippen molar-refractivity contribution in [1.29, 1.82) is 0 Å². The van der Waals surface area contributed by atoms with Gasteiger partial charge in [0.15, 0.2) is 6.17 Å². The second-order valence-corrected chi connectivity index (χ2v) is 6.15. The lowest BCUT2D eigenvalue weighted by Crippen LogP contribution is -2.49. The number of carboxylic acids is 1. The number of unbranched alkanes of at least 4 members (excludes halogenated alkanes) is 3. The average Bonchev–Trinajstić information content (AvgIpc) is 2.37. The minimum Gasteiger partial charge on any atom is -0.544 e. The molecule has 0 heterocycles. The number of carboxylic acid groups (broad SMARTS) is 1. The number of carbonyl (C=O) groups excluding carboxylic acids is 2. The van der Waals surface area contributed by atoms with Crippen molar-refractivity contribution in [2.24, 2.45) is 0 Å². The number of likely N-dealkylation sites (N-methyl/N-ethyl adjacent to an activating group) is 1. The van der Waals surface area contributed by atoms with Gasteiger partial charge in [0.05, 0.1) is 26.6 Å². The molecule has 0 aliphatic carbocycles. The molecule has 0 aliphatic heterocycles. The number of amides is 1. The molecule has 1 amide bonds. The molecule has 0 saturated heterocycles. The molecule has 0 saturated carbocycles. The van der Waals surface area contributed by atoms with Crippen LogP contribution in [0.25, 0.3) is 0 Å². The zero-order chi connectivity index (χ0) is 16.3. The largest absolute Gasteiger partial charge is 0.544 e. The van der Waals surface area contributed by atoms with E-state index in [0.29, 0.717) is 19.5 Å². The average molecular weight is 304 g/mol. The van der Waals surface area contributed by atoms with Crippen LogP contribution in [0.5, 0.6) is 0 Å². The van der Waals surface area contributed by atoms with Crippen molar-refractivity contribution >= 4 is 11.9 Å². The number of hydrogen-bond donors (Lipinski definition) is 1. The van der Waals surface area contributed by atoms with E-state index in [1.54, 1.807) is 14.1 Å². The Morgan fingerprint density at radius 1 is 1.19 bits per heavy atom. The lowest BCUT2D eigenvalue weighted by molar-refractivity contribution is -0.884. The molecule has 0 bridgehead atoms. The van der Waals surface area contributed by atoms with E-state index in [1.165, 1.54) is 0 Å². The van der Waals surface area contributed by atoms with Crippen LogP contribution in [0, 0.1) is 0 Å². The van der Waals surface area contributed by atoms with Crippen LogP contribution < -0.4 is 10.4 Å². The molecule has 21 heavy (non-hydrogen) atoms. The van der Waals surface area contributed by atoms with E-state index in [0.717, 1.165) is 25.7 Å². The Kier molecular flexibility index (Phi) is 9.95.